The van der Waals surface area contributed by atoms with Crippen LogP contribution in [-0.2, 0) is 13.2 Å². The summed E-state index contributed by atoms with van der Waals surface area (Å²) in [4.78, 5) is 15.0. The number of likely N-dealkylation sites (N-methyl/N-ethyl adjacent to an activating group) is 1. The van der Waals surface area contributed by atoms with Crippen molar-refractivity contribution in [2.45, 2.75) is 13.2 Å². The molecular weight excluding hydrogens is 398 g/mol. The number of para-hydroxylation sites is 2. The Hall–Kier alpha value is -3.23. The molecule has 0 unspecified atom stereocenters. The fraction of sp³-hybridized carbons (Fsp3) is 0.227. The van der Waals surface area contributed by atoms with E-state index in [4.69, 9.17) is 17.0 Å². The van der Waals surface area contributed by atoms with Gasteiger partial charge in [0.1, 0.15) is 12.4 Å². The molecule has 0 saturated carbocycles. The highest BCUT2D eigenvalue weighted by Gasteiger charge is 2.15. The van der Waals surface area contributed by atoms with Gasteiger partial charge in [0, 0.05) is 13.1 Å². The Bertz CT molecular complexity index is 1310. The molecule has 0 bridgehead atoms. The van der Waals surface area contributed by atoms with E-state index >= 15 is 0 Å². The van der Waals surface area contributed by atoms with Crippen LogP contribution in [0.1, 0.15) is 0 Å². The van der Waals surface area contributed by atoms with Gasteiger partial charge in [0.25, 0.3) is 5.56 Å². The lowest BCUT2D eigenvalue weighted by molar-refractivity contribution is 0.198. The highest BCUT2D eigenvalue weighted by molar-refractivity contribution is 7.71. The fourth-order valence-electron chi connectivity index (χ4n) is 3.39. The maximum absolute atomic E-state index is 12.9. The third-order valence-electron chi connectivity index (χ3n) is 4.86. The number of hydrogen-bond acceptors (Lipinski definition) is 5. The Labute approximate surface area is 179 Å². The molecule has 0 atom stereocenters. The van der Waals surface area contributed by atoms with E-state index in [9.17, 15) is 4.79 Å². The predicted octanol–water partition coefficient (Wildman–Crippen LogP) is 3.33. The van der Waals surface area contributed by atoms with E-state index in [0.29, 0.717) is 42.3 Å². The van der Waals surface area contributed by atoms with Gasteiger partial charge in [-0.1, -0.05) is 36.4 Å². The quantitative estimate of drug-likeness (QED) is 0.323. The molecule has 2 aromatic carbocycles. The molecule has 8 heteroatoms. The minimum atomic E-state index is -0.102. The molecule has 0 aliphatic heterocycles. The topological polar surface area (TPSA) is 56.7 Å². The third-order valence-corrected chi connectivity index (χ3v) is 5.25. The van der Waals surface area contributed by atoms with Gasteiger partial charge in [-0.3, -0.25) is 18.7 Å². The molecule has 30 heavy (non-hydrogen) atoms. The van der Waals surface area contributed by atoms with Gasteiger partial charge in [0.15, 0.2) is 0 Å². The average Bonchev–Trinajstić information content (AvgIpc) is 3.08. The van der Waals surface area contributed by atoms with Crippen LogP contribution in [0.4, 0.5) is 0 Å². The van der Waals surface area contributed by atoms with E-state index in [2.05, 4.69) is 16.6 Å². The molecule has 2 aromatic heterocycles. The van der Waals surface area contributed by atoms with Gasteiger partial charge in [-0.15, -0.1) is 11.7 Å². The van der Waals surface area contributed by atoms with E-state index in [1.807, 2.05) is 66.0 Å². The SMILES string of the molecule is C=CCn1c(=O)c2ccccc2n2c(=S)n(CN(C)CCOc3ccccc3)nc12. The third kappa shape index (κ3) is 3.79. The zero-order chi connectivity index (χ0) is 21.1. The molecular formula is C22H23N5O2S. The van der Waals surface area contributed by atoms with Gasteiger partial charge in [-0.2, -0.15) is 0 Å². The molecule has 0 aliphatic carbocycles. The van der Waals surface area contributed by atoms with Crippen LogP contribution in [0, 0.1) is 4.77 Å². The van der Waals surface area contributed by atoms with Gasteiger partial charge in [0.05, 0.1) is 17.6 Å². The maximum atomic E-state index is 12.9. The van der Waals surface area contributed by atoms with E-state index in [-0.39, 0.29) is 5.56 Å². The van der Waals surface area contributed by atoms with Gasteiger partial charge < -0.3 is 4.74 Å². The number of benzene rings is 2. The molecule has 2 heterocycles. The maximum Gasteiger partial charge on any atom is 0.263 e. The number of nitrogens with zero attached hydrogens (tertiary/aromatic N) is 5. The Morgan fingerprint density at radius 2 is 1.90 bits per heavy atom. The zero-order valence-corrected chi connectivity index (χ0v) is 17.6. The van der Waals surface area contributed by atoms with Gasteiger partial charge in [-0.05, 0) is 43.5 Å². The summed E-state index contributed by atoms with van der Waals surface area (Å²) in [6, 6.07) is 17.2. The molecule has 4 aromatic rings. The Morgan fingerprint density at radius 3 is 2.67 bits per heavy atom. The van der Waals surface area contributed by atoms with Crippen molar-refractivity contribution in [3.8, 4) is 5.75 Å². The summed E-state index contributed by atoms with van der Waals surface area (Å²) in [6.45, 7) is 5.86. The largest absolute Gasteiger partial charge is 0.492 e. The van der Waals surface area contributed by atoms with Gasteiger partial charge in [-0.25, -0.2) is 4.68 Å². The monoisotopic (exact) mass is 421 g/mol. The normalized spacial score (nSPS) is 11.4. The summed E-state index contributed by atoms with van der Waals surface area (Å²) < 4.78 is 11.5. The van der Waals surface area contributed by atoms with Crippen LogP contribution in [-0.4, -0.2) is 43.8 Å². The second-order valence-corrected chi connectivity index (χ2v) is 7.39. The summed E-state index contributed by atoms with van der Waals surface area (Å²) in [6.07, 6.45) is 1.69. The lowest BCUT2D eigenvalue weighted by Gasteiger charge is -2.16. The minimum absolute atomic E-state index is 0.102. The summed E-state index contributed by atoms with van der Waals surface area (Å²) in [5.74, 6) is 1.35. The number of hydrogen-bond donors (Lipinski definition) is 0. The van der Waals surface area contributed by atoms with Crippen LogP contribution >= 0.6 is 12.2 Å². The van der Waals surface area contributed by atoms with Crippen LogP contribution in [0.15, 0.2) is 72.0 Å². The summed E-state index contributed by atoms with van der Waals surface area (Å²) >= 11 is 5.71. The van der Waals surface area contributed by atoms with Crippen molar-refractivity contribution in [2.75, 3.05) is 20.2 Å². The van der Waals surface area contributed by atoms with Crippen molar-refractivity contribution in [1.29, 1.82) is 0 Å². The first-order chi connectivity index (χ1) is 14.6. The van der Waals surface area contributed by atoms with Crippen molar-refractivity contribution in [3.05, 3.63) is 82.4 Å². The zero-order valence-electron chi connectivity index (χ0n) is 16.8. The summed E-state index contributed by atoms with van der Waals surface area (Å²) in [7, 11) is 1.98. The second kappa shape index (κ2) is 8.64. The molecule has 0 radical (unpaired) electrons. The first-order valence-electron chi connectivity index (χ1n) is 9.68. The predicted molar refractivity (Wildman–Crippen MR) is 121 cm³/mol. The molecule has 4 rings (SSSR count). The summed E-state index contributed by atoms with van der Waals surface area (Å²) in [5.41, 5.74) is 0.652. The van der Waals surface area contributed by atoms with Crippen molar-refractivity contribution in [2.24, 2.45) is 0 Å². The standard InChI is InChI=1S/C22H23N5O2S/c1-3-13-25-20(28)18-11-7-8-12-19(18)27-21(25)23-26(22(27)30)16-24(2)14-15-29-17-9-5-4-6-10-17/h3-12H,1,13-16H2,2H3. The van der Waals surface area contributed by atoms with E-state index in [1.165, 1.54) is 0 Å². The van der Waals surface area contributed by atoms with E-state index < -0.39 is 0 Å². The highest BCUT2D eigenvalue weighted by Crippen LogP contribution is 2.14. The number of fused-ring (bicyclic) bond motifs is 3. The van der Waals surface area contributed by atoms with Crippen LogP contribution in [0.2, 0.25) is 0 Å². The number of allylic oxidation sites excluding steroid dienone is 1. The molecule has 7 nitrogen and oxygen atoms in total. The Balaban J connectivity index is 1.63. The molecule has 0 aliphatic rings. The van der Waals surface area contributed by atoms with Crippen LogP contribution < -0.4 is 10.3 Å². The van der Waals surface area contributed by atoms with Crippen molar-refractivity contribution in [3.63, 3.8) is 0 Å². The van der Waals surface area contributed by atoms with Gasteiger partial charge in [0.2, 0.25) is 10.5 Å². The molecule has 154 valence electrons. The Kier molecular flexibility index (Phi) is 5.78. The minimum Gasteiger partial charge on any atom is -0.492 e. The number of ether oxygens (including phenoxy) is 1. The van der Waals surface area contributed by atoms with Crippen LogP contribution in [0.3, 0.4) is 0 Å². The lowest BCUT2D eigenvalue weighted by Crippen LogP contribution is -2.27. The first kappa shape index (κ1) is 20.1. The van der Waals surface area contributed by atoms with Crippen LogP contribution in [0.25, 0.3) is 16.7 Å². The fourth-order valence-corrected chi connectivity index (χ4v) is 3.67. The summed E-state index contributed by atoms with van der Waals surface area (Å²) in [5, 5.41) is 5.26. The number of aromatic nitrogens is 4. The Morgan fingerprint density at radius 1 is 1.17 bits per heavy atom. The van der Waals surface area contributed by atoms with Crippen molar-refractivity contribution in [1.82, 2.24) is 23.6 Å². The van der Waals surface area contributed by atoms with Crippen molar-refractivity contribution >= 4 is 28.9 Å². The molecule has 0 amide bonds. The lowest BCUT2D eigenvalue weighted by atomic mass is 10.2. The second-order valence-electron chi connectivity index (χ2n) is 7.02. The molecule has 0 fully saturated rings. The first-order valence-corrected chi connectivity index (χ1v) is 10.1. The van der Waals surface area contributed by atoms with E-state index in [0.717, 1.165) is 11.3 Å². The molecule has 0 spiro atoms. The molecule has 0 saturated heterocycles. The van der Waals surface area contributed by atoms with Crippen LogP contribution in [0.5, 0.6) is 5.75 Å². The smallest absolute Gasteiger partial charge is 0.263 e. The van der Waals surface area contributed by atoms with Gasteiger partial charge >= 0.3 is 0 Å². The number of rotatable bonds is 8. The molecule has 0 N–H and O–H groups in total. The van der Waals surface area contributed by atoms with Crippen molar-refractivity contribution < 1.29 is 4.74 Å². The average molecular weight is 422 g/mol. The highest BCUT2D eigenvalue weighted by atomic mass is 32.1. The van der Waals surface area contributed by atoms with E-state index in [1.54, 1.807) is 15.3 Å².